The quantitative estimate of drug-likeness (QED) is 0.641. The van der Waals surface area contributed by atoms with E-state index in [0.717, 1.165) is 6.61 Å². The SMILES string of the molecule is C/C=C/OCC1(CC)CCCCS1. The molecule has 13 heavy (non-hydrogen) atoms. The van der Waals surface area contributed by atoms with Crippen molar-refractivity contribution in [2.75, 3.05) is 12.4 Å². The summed E-state index contributed by atoms with van der Waals surface area (Å²) in [5.41, 5.74) is 0. The highest BCUT2D eigenvalue weighted by atomic mass is 32.2. The second-order valence-corrected chi connectivity index (χ2v) is 5.19. The van der Waals surface area contributed by atoms with Crippen LogP contribution in [-0.2, 0) is 4.74 Å². The van der Waals surface area contributed by atoms with Crippen LogP contribution in [0.2, 0.25) is 0 Å². The van der Waals surface area contributed by atoms with E-state index in [1.807, 2.05) is 19.3 Å². The lowest BCUT2D eigenvalue weighted by Gasteiger charge is -2.34. The van der Waals surface area contributed by atoms with Crippen LogP contribution in [0.15, 0.2) is 12.3 Å². The first-order chi connectivity index (χ1) is 6.33. The van der Waals surface area contributed by atoms with Crippen LogP contribution in [0.4, 0.5) is 0 Å². The molecule has 0 aromatic carbocycles. The molecule has 1 fully saturated rings. The zero-order valence-electron chi connectivity index (χ0n) is 8.71. The van der Waals surface area contributed by atoms with Crippen molar-refractivity contribution in [3.05, 3.63) is 12.3 Å². The van der Waals surface area contributed by atoms with Gasteiger partial charge in [0.1, 0.15) is 6.61 Å². The number of rotatable bonds is 4. The summed E-state index contributed by atoms with van der Waals surface area (Å²) in [6, 6.07) is 0. The molecule has 0 spiro atoms. The normalized spacial score (nSPS) is 29.4. The van der Waals surface area contributed by atoms with Gasteiger partial charge in [-0.1, -0.05) is 19.4 Å². The number of ether oxygens (including phenoxy) is 1. The van der Waals surface area contributed by atoms with Crippen molar-refractivity contribution >= 4 is 11.8 Å². The molecule has 0 aliphatic carbocycles. The molecule has 1 aliphatic heterocycles. The van der Waals surface area contributed by atoms with Crippen molar-refractivity contribution in [1.29, 1.82) is 0 Å². The predicted octanol–water partition coefficient (Wildman–Crippen LogP) is 3.60. The average molecular weight is 200 g/mol. The molecule has 0 radical (unpaired) electrons. The van der Waals surface area contributed by atoms with Crippen LogP contribution in [0.1, 0.15) is 39.5 Å². The Morgan fingerprint density at radius 2 is 2.31 bits per heavy atom. The fourth-order valence-electron chi connectivity index (χ4n) is 1.70. The molecule has 0 aromatic heterocycles. The van der Waals surface area contributed by atoms with Gasteiger partial charge in [0.15, 0.2) is 0 Å². The zero-order valence-corrected chi connectivity index (χ0v) is 9.53. The standard InChI is InChI=1S/C11H20OS/c1-3-8-12-10-11(4-2)7-5-6-9-13-11/h3,8H,4-7,9-10H2,1-2H3/b8-3+. The maximum absolute atomic E-state index is 5.52. The predicted molar refractivity (Wildman–Crippen MR) is 60.1 cm³/mol. The van der Waals surface area contributed by atoms with E-state index >= 15 is 0 Å². The zero-order chi connectivity index (χ0) is 9.57. The van der Waals surface area contributed by atoms with Crippen LogP contribution >= 0.6 is 11.8 Å². The lowest BCUT2D eigenvalue weighted by molar-refractivity contribution is 0.199. The van der Waals surface area contributed by atoms with Crippen LogP contribution in [0.25, 0.3) is 0 Å². The largest absolute Gasteiger partial charge is 0.500 e. The topological polar surface area (TPSA) is 9.23 Å². The van der Waals surface area contributed by atoms with Gasteiger partial charge in [0.2, 0.25) is 0 Å². The lowest BCUT2D eigenvalue weighted by atomic mass is 9.98. The highest BCUT2D eigenvalue weighted by Crippen LogP contribution is 2.39. The fourth-order valence-corrected chi connectivity index (χ4v) is 3.13. The molecule has 0 N–H and O–H groups in total. The smallest absolute Gasteiger partial charge is 0.102 e. The van der Waals surface area contributed by atoms with E-state index < -0.39 is 0 Å². The van der Waals surface area contributed by atoms with E-state index in [4.69, 9.17) is 4.74 Å². The minimum absolute atomic E-state index is 0.414. The van der Waals surface area contributed by atoms with Gasteiger partial charge >= 0.3 is 0 Å². The van der Waals surface area contributed by atoms with E-state index in [1.165, 1.54) is 31.4 Å². The molecule has 1 atom stereocenters. The Morgan fingerprint density at radius 1 is 1.46 bits per heavy atom. The molecule has 1 saturated heterocycles. The number of hydrogen-bond acceptors (Lipinski definition) is 2. The Labute approximate surface area is 85.9 Å². The van der Waals surface area contributed by atoms with Crippen LogP contribution in [0, 0.1) is 0 Å². The monoisotopic (exact) mass is 200 g/mol. The molecule has 0 amide bonds. The Morgan fingerprint density at radius 3 is 2.85 bits per heavy atom. The highest BCUT2D eigenvalue weighted by molar-refractivity contribution is 8.00. The Balaban J connectivity index is 2.38. The van der Waals surface area contributed by atoms with Crippen LogP contribution < -0.4 is 0 Å². The number of hydrogen-bond donors (Lipinski definition) is 0. The summed E-state index contributed by atoms with van der Waals surface area (Å²) < 4.78 is 5.93. The minimum atomic E-state index is 0.414. The van der Waals surface area contributed by atoms with Crippen LogP contribution in [-0.4, -0.2) is 17.1 Å². The van der Waals surface area contributed by atoms with Crippen molar-refractivity contribution in [3.8, 4) is 0 Å². The van der Waals surface area contributed by atoms with Gasteiger partial charge in [0.05, 0.1) is 6.26 Å². The molecule has 1 unspecified atom stereocenters. The number of thioether (sulfide) groups is 1. The lowest BCUT2D eigenvalue weighted by Crippen LogP contribution is -2.32. The summed E-state index contributed by atoms with van der Waals surface area (Å²) in [4.78, 5) is 0. The van der Waals surface area contributed by atoms with E-state index in [1.54, 1.807) is 0 Å². The van der Waals surface area contributed by atoms with E-state index in [9.17, 15) is 0 Å². The molecule has 1 rings (SSSR count). The third kappa shape index (κ3) is 3.26. The number of allylic oxidation sites excluding steroid dienone is 1. The van der Waals surface area contributed by atoms with Crippen molar-refractivity contribution in [3.63, 3.8) is 0 Å². The third-order valence-corrected chi connectivity index (χ3v) is 4.37. The summed E-state index contributed by atoms with van der Waals surface area (Å²) in [5, 5.41) is 0. The van der Waals surface area contributed by atoms with Crippen molar-refractivity contribution < 1.29 is 4.74 Å². The van der Waals surface area contributed by atoms with Gasteiger partial charge < -0.3 is 4.74 Å². The second kappa shape index (κ2) is 5.58. The average Bonchev–Trinajstić information content (AvgIpc) is 2.20. The molecule has 0 aromatic rings. The van der Waals surface area contributed by atoms with Crippen LogP contribution in [0.3, 0.4) is 0 Å². The molecule has 76 valence electrons. The van der Waals surface area contributed by atoms with Crippen molar-refractivity contribution in [2.24, 2.45) is 0 Å². The van der Waals surface area contributed by atoms with Gasteiger partial charge in [-0.15, -0.1) is 0 Å². The van der Waals surface area contributed by atoms with E-state index in [-0.39, 0.29) is 0 Å². The van der Waals surface area contributed by atoms with Gasteiger partial charge in [0, 0.05) is 4.75 Å². The van der Waals surface area contributed by atoms with Crippen LogP contribution in [0.5, 0.6) is 0 Å². The fraction of sp³-hybridized carbons (Fsp3) is 0.818. The molecule has 1 heterocycles. The summed E-state index contributed by atoms with van der Waals surface area (Å²) in [6.07, 6.45) is 9.08. The third-order valence-electron chi connectivity index (χ3n) is 2.66. The Bertz CT molecular complexity index is 159. The first kappa shape index (κ1) is 11.0. The molecule has 0 bridgehead atoms. The molecular weight excluding hydrogens is 180 g/mol. The molecule has 0 saturated carbocycles. The van der Waals surface area contributed by atoms with Crippen molar-refractivity contribution in [2.45, 2.75) is 44.3 Å². The Kier molecular flexibility index (Phi) is 4.71. The summed E-state index contributed by atoms with van der Waals surface area (Å²) in [6.45, 7) is 5.16. The summed E-state index contributed by atoms with van der Waals surface area (Å²) in [7, 11) is 0. The van der Waals surface area contributed by atoms with Gasteiger partial charge in [-0.3, -0.25) is 0 Å². The van der Waals surface area contributed by atoms with Gasteiger partial charge in [-0.25, -0.2) is 0 Å². The highest BCUT2D eigenvalue weighted by Gasteiger charge is 2.31. The minimum Gasteiger partial charge on any atom is -0.500 e. The molecular formula is C11H20OS. The molecule has 1 aliphatic rings. The van der Waals surface area contributed by atoms with Gasteiger partial charge in [-0.2, -0.15) is 11.8 Å². The van der Waals surface area contributed by atoms with Gasteiger partial charge in [-0.05, 0) is 31.9 Å². The van der Waals surface area contributed by atoms with Gasteiger partial charge in [0.25, 0.3) is 0 Å². The summed E-state index contributed by atoms with van der Waals surface area (Å²) in [5.74, 6) is 1.31. The van der Waals surface area contributed by atoms with E-state index in [2.05, 4.69) is 18.7 Å². The summed E-state index contributed by atoms with van der Waals surface area (Å²) >= 11 is 2.10. The Hall–Kier alpha value is -0.110. The molecule has 1 nitrogen and oxygen atoms in total. The first-order valence-corrected chi connectivity index (χ1v) is 6.18. The molecule has 2 heteroatoms. The van der Waals surface area contributed by atoms with Crippen molar-refractivity contribution in [1.82, 2.24) is 0 Å². The second-order valence-electron chi connectivity index (χ2n) is 3.62. The first-order valence-electron chi connectivity index (χ1n) is 5.20. The van der Waals surface area contributed by atoms with E-state index in [0.29, 0.717) is 4.75 Å². The maximum Gasteiger partial charge on any atom is 0.102 e. The maximum atomic E-state index is 5.52.